The molecule has 17 heavy (non-hydrogen) atoms. The molecule has 2 aromatic carbocycles. The van der Waals surface area contributed by atoms with Crippen LogP contribution < -0.4 is 4.74 Å². The average molecular weight is 236 g/mol. The quantitative estimate of drug-likeness (QED) is 0.866. The Labute approximate surface area is 97.1 Å². The van der Waals surface area contributed by atoms with E-state index in [1.54, 1.807) is 12.1 Å². The molecule has 0 unspecified atom stereocenters. The van der Waals surface area contributed by atoms with Crippen molar-refractivity contribution in [2.24, 2.45) is 0 Å². The number of ether oxygens (including phenoxy) is 1. The highest BCUT2D eigenvalue weighted by atomic mass is 19.2. The molecule has 0 aliphatic heterocycles. The van der Waals surface area contributed by atoms with Gasteiger partial charge < -0.3 is 9.84 Å². The van der Waals surface area contributed by atoms with E-state index in [1.165, 1.54) is 19.2 Å². The summed E-state index contributed by atoms with van der Waals surface area (Å²) in [6.07, 6.45) is 0. The summed E-state index contributed by atoms with van der Waals surface area (Å²) in [4.78, 5) is 0. The van der Waals surface area contributed by atoms with Crippen molar-refractivity contribution < 1.29 is 18.6 Å². The molecule has 0 aliphatic rings. The molecular formula is C13H10F2O2. The largest absolute Gasteiger partial charge is 0.507 e. The Bertz CT molecular complexity index is 553. The van der Waals surface area contributed by atoms with Crippen LogP contribution in [0.25, 0.3) is 11.1 Å². The van der Waals surface area contributed by atoms with E-state index in [9.17, 15) is 13.9 Å². The summed E-state index contributed by atoms with van der Waals surface area (Å²) in [6.45, 7) is 0. The molecule has 0 radical (unpaired) electrons. The Kier molecular flexibility index (Phi) is 2.95. The van der Waals surface area contributed by atoms with E-state index in [0.29, 0.717) is 16.9 Å². The van der Waals surface area contributed by atoms with E-state index >= 15 is 0 Å². The van der Waals surface area contributed by atoms with Gasteiger partial charge in [-0.2, -0.15) is 0 Å². The molecular weight excluding hydrogens is 226 g/mol. The van der Waals surface area contributed by atoms with Crippen molar-refractivity contribution >= 4 is 0 Å². The number of methoxy groups -OCH3 is 1. The molecule has 2 rings (SSSR count). The summed E-state index contributed by atoms with van der Waals surface area (Å²) >= 11 is 0. The topological polar surface area (TPSA) is 29.5 Å². The third kappa shape index (κ3) is 2.20. The zero-order valence-electron chi connectivity index (χ0n) is 9.08. The SMILES string of the molecule is COc1ccc(-c2ccc(F)c(F)c2)c(O)c1. The fraction of sp³-hybridized carbons (Fsp3) is 0.0769. The van der Waals surface area contributed by atoms with Gasteiger partial charge in [-0.3, -0.25) is 0 Å². The molecule has 0 aromatic heterocycles. The Hall–Kier alpha value is -2.10. The smallest absolute Gasteiger partial charge is 0.159 e. The molecule has 0 saturated heterocycles. The number of phenolic OH excluding ortho intramolecular Hbond substituents is 1. The Morgan fingerprint density at radius 3 is 2.35 bits per heavy atom. The number of aromatic hydroxyl groups is 1. The summed E-state index contributed by atoms with van der Waals surface area (Å²) in [5.41, 5.74) is 0.828. The van der Waals surface area contributed by atoms with Crippen LogP contribution in [-0.2, 0) is 0 Å². The van der Waals surface area contributed by atoms with Gasteiger partial charge in [-0.1, -0.05) is 6.07 Å². The minimum atomic E-state index is -0.947. The third-order valence-electron chi connectivity index (χ3n) is 2.44. The number of hydrogen-bond acceptors (Lipinski definition) is 2. The lowest BCUT2D eigenvalue weighted by Crippen LogP contribution is -1.87. The number of phenols is 1. The van der Waals surface area contributed by atoms with Crippen LogP contribution in [0.5, 0.6) is 11.5 Å². The molecule has 0 spiro atoms. The molecule has 2 nitrogen and oxygen atoms in total. The normalized spacial score (nSPS) is 10.3. The van der Waals surface area contributed by atoms with Crippen LogP contribution in [0.4, 0.5) is 8.78 Å². The Morgan fingerprint density at radius 1 is 1.00 bits per heavy atom. The Balaban J connectivity index is 2.49. The van der Waals surface area contributed by atoms with Crippen LogP contribution in [0.3, 0.4) is 0 Å². The predicted molar refractivity (Wildman–Crippen MR) is 60.0 cm³/mol. The maximum absolute atomic E-state index is 13.1. The molecule has 0 amide bonds. The molecule has 0 heterocycles. The molecule has 0 saturated carbocycles. The monoisotopic (exact) mass is 236 g/mol. The lowest BCUT2D eigenvalue weighted by Gasteiger charge is -2.07. The average Bonchev–Trinajstić information content (AvgIpc) is 2.32. The van der Waals surface area contributed by atoms with Gasteiger partial charge in [0, 0.05) is 11.6 Å². The van der Waals surface area contributed by atoms with Crippen molar-refractivity contribution in [1.82, 2.24) is 0 Å². The van der Waals surface area contributed by atoms with E-state index in [-0.39, 0.29) is 5.75 Å². The van der Waals surface area contributed by atoms with Crippen LogP contribution in [0, 0.1) is 11.6 Å². The summed E-state index contributed by atoms with van der Waals surface area (Å²) < 4.78 is 30.8. The lowest BCUT2D eigenvalue weighted by molar-refractivity contribution is 0.408. The summed E-state index contributed by atoms with van der Waals surface area (Å²) in [7, 11) is 1.48. The second-order valence-corrected chi connectivity index (χ2v) is 3.51. The first-order chi connectivity index (χ1) is 8.11. The van der Waals surface area contributed by atoms with Gasteiger partial charge in [0.25, 0.3) is 0 Å². The van der Waals surface area contributed by atoms with Gasteiger partial charge in [0.15, 0.2) is 11.6 Å². The van der Waals surface area contributed by atoms with Gasteiger partial charge in [-0.15, -0.1) is 0 Å². The predicted octanol–water partition coefficient (Wildman–Crippen LogP) is 3.35. The highest BCUT2D eigenvalue weighted by molar-refractivity contribution is 5.71. The van der Waals surface area contributed by atoms with E-state index in [0.717, 1.165) is 12.1 Å². The maximum atomic E-state index is 13.1. The van der Waals surface area contributed by atoms with Crippen LogP contribution in [0.15, 0.2) is 36.4 Å². The number of halogens is 2. The zero-order chi connectivity index (χ0) is 12.4. The molecule has 0 aliphatic carbocycles. The standard InChI is InChI=1S/C13H10F2O2/c1-17-9-3-4-10(13(16)7-9)8-2-5-11(14)12(15)6-8/h2-7,16H,1H3. The molecule has 4 heteroatoms. The van der Waals surface area contributed by atoms with E-state index in [1.807, 2.05) is 0 Å². The zero-order valence-corrected chi connectivity index (χ0v) is 9.08. The van der Waals surface area contributed by atoms with Gasteiger partial charge in [0.1, 0.15) is 11.5 Å². The Morgan fingerprint density at radius 2 is 1.76 bits per heavy atom. The van der Waals surface area contributed by atoms with Gasteiger partial charge in [0.2, 0.25) is 0 Å². The maximum Gasteiger partial charge on any atom is 0.159 e. The third-order valence-corrected chi connectivity index (χ3v) is 2.44. The number of benzene rings is 2. The molecule has 1 N–H and O–H groups in total. The van der Waals surface area contributed by atoms with Crippen molar-refractivity contribution in [3.63, 3.8) is 0 Å². The molecule has 0 bridgehead atoms. The van der Waals surface area contributed by atoms with E-state index in [2.05, 4.69) is 0 Å². The first kappa shape index (κ1) is 11.4. The minimum absolute atomic E-state index is 0.0460. The van der Waals surface area contributed by atoms with Gasteiger partial charge in [0.05, 0.1) is 7.11 Å². The van der Waals surface area contributed by atoms with Crippen molar-refractivity contribution in [2.75, 3.05) is 7.11 Å². The van der Waals surface area contributed by atoms with Gasteiger partial charge in [-0.25, -0.2) is 8.78 Å². The van der Waals surface area contributed by atoms with Crippen molar-refractivity contribution in [3.05, 3.63) is 48.0 Å². The molecule has 0 atom stereocenters. The van der Waals surface area contributed by atoms with E-state index < -0.39 is 11.6 Å². The van der Waals surface area contributed by atoms with Crippen LogP contribution in [0.1, 0.15) is 0 Å². The van der Waals surface area contributed by atoms with Crippen molar-refractivity contribution in [1.29, 1.82) is 0 Å². The highest BCUT2D eigenvalue weighted by Gasteiger charge is 2.08. The first-order valence-corrected chi connectivity index (χ1v) is 4.94. The molecule has 0 fully saturated rings. The second-order valence-electron chi connectivity index (χ2n) is 3.51. The highest BCUT2D eigenvalue weighted by Crippen LogP contribution is 2.32. The van der Waals surface area contributed by atoms with Crippen molar-refractivity contribution in [2.45, 2.75) is 0 Å². The number of rotatable bonds is 2. The van der Waals surface area contributed by atoms with Crippen LogP contribution in [0.2, 0.25) is 0 Å². The molecule has 2 aromatic rings. The first-order valence-electron chi connectivity index (χ1n) is 4.94. The van der Waals surface area contributed by atoms with Crippen LogP contribution in [-0.4, -0.2) is 12.2 Å². The summed E-state index contributed by atoms with van der Waals surface area (Å²) in [5.74, 6) is -1.41. The summed E-state index contributed by atoms with van der Waals surface area (Å²) in [5, 5.41) is 9.74. The second kappa shape index (κ2) is 4.41. The van der Waals surface area contributed by atoms with Crippen molar-refractivity contribution in [3.8, 4) is 22.6 Å². The fourth-order valence-corrected chi connectivity index (χ4v) is 1.55. The number of hydrogen-bond donors (Lipinski definition) is 1. The van der Waals surface area contributed by atoms with E-state index in [4.69, 9.17) is 4.74 Å². The summed E-state index contributed by atoms with van der Waals surface area (Å²) in [6, 6.07) is 8.10. The molecule has 88 valence electrons. The lowest BCUT2D eigenvalue weighted by atomic mass is 10.0. The van der Waals surface area contributed by atoms with Gasteiger partial charge >= 0.3 is 0 Å². The minimum Gasteiger partial charge on any atom is -0.507 e. The van der Waals surface area contributed by atoms with Crippen LogP contribution >= 0.6 is 0 Å². The fourth-order valence-electron chi connectivity index (χ4n) is 1.55. The van der Waals surface area contributed by atoms with Gasteiger partial charge in [-0.05, 0) is 29.8 Å².